The van der Waals surface area contributed by atoms with Gasteiger partial charge in [-0.2, -0.15) is 0 Å². The van der Waals surface area contributed by atoms with Crippen LogP contribution >= 0.6 is 11.6 Å². The Hall–Kier alpha value is -2.04. The fraction of sp³-hybridized carbons (Fsp3) is 0.316. The maximum atomic E-state index is 11.9. The van der Waals surface area contributed by atoms with Crippen LogP contribution in [0.3, 0.4) is 0 Å². The average molecular weight is 353 g/mol. The number of nitrogens with one attached hydrogen (secondary N) is 2. The van der Waals surface area contributed by atoms with Crippen molar-refractivity contribution in [3.05, 3.63) is 65.5 Å². The average Bonchev–Trinajstić information content (AvgIpc) is 2.56. The van der Waals surface area contributed by atoms with Crippen LogP contribution in [0.1, 0.15) is 33.3 Å². The Morgan fingerprint density at radius 1 is 1.29 bits per heavy atom. The van der Waals surface area contributed by atoms with Crippen LogP contribution in [0.2, 0.25) is 5.02 Å². The number of hydrogen-bond acceptors (Lipinski definition) is 3. The predicted octanol–water partition coefficient (Wildman–Crippen LogP) is 4.13. The molecule has 0 unspecified atom stereocenters. The minimum atomic E-state index is -0.299. The summed E-state index contributed by atoms with van der Waals surface area (Å²) in [6, 6.07) is 7.11. The lowest BCUT2D eigenvalue weighted by atomic mass is 10.2. The zero-order valence-electron chi connectivity index (χ0n) is 15.0. The van der Waals surface area contributed by atoms with Crippen LogP contribution in [0.4, 0.5) is 0 Å². The summed E-state index contributed by atoms with van der Waals surface area (Å²) in [5.41, 5.74) is 1.86. The molecule has 4 nitrogen and oxygen atoms in total. The minimum absolute atomic E-state index is 0.104. The molecule has 0 bridgehead atoms. The second kappa shape index (κ2) is 15.8. The molecule has 3 N–H and O–H groups in total. The number of aliphatic hydroxyl groups is 1. The molecule has 0 spiro atoms. The van der Waals surface area contributed by atoms with Crippen LogP contribution in [-0.4, -0.2) is 24.2 Å². The van der Waals surface area contributed by atoms with E-state index in [1.807, 2.05) is 32.9 Å². The molecule has 1 aromatic carbocycles. The van der Waals surface area contributed by atoms with Crippen molar-refractivity contribution in [2.75, 3.05) is 13.2 Å². The van der Waals surface area contributed by atoms with Crippen molar-refractivity contribution >= 4 is 23.6 Å². The molecule has 0 fully saturated rings. The van der Waals surface area contributed by atoms with E-state index in [-0.39, 0.29) is 19.1 Å². The van der Waals surface area contributed by atoms with Crippen molar-refractivity contribution < 1.29 is 9.90 Å². The van der Waals surface area contributed by atoms with E-state index in [2.05, 4.69) is 23.8 Å². The smallest absolute Gasteiger partial charge is 0.267 e. The Morgan fingerprint density at radius 3 is 2.21 bits per heavy atom. The summed E-state index contributed by atoms with van der Waals surface area (Å²) in [6.45, 7) is 14.8. The third-order valence-electron chi connectivity index (χ3n) is 2.17. The number of carbonyl (C=O) groups is 1. The third-order valence-corrected chi connectivity index (χ3v) is 2.42. The molecule has 0 saturated carbocycles. The van der Waals surface area contributed by atoms with Gasteiger partial charge in [0, 0.05) is 17.3 Å². The van der Waals surface area contributed by atoms with Crippen LogP contribution in [0.5, 0.6) is 0 Å². The van der Waals surface area contributed by atoms with E-state index in [1.54, 1.807) is 31.2 Å². The Labute approximate surface area is 150 Å². The largest absolute Gasteiger partial charge is 0.395 e. The highest BCUT2D eigenvalue weighted by atomic mass is 35.5. The van der Waals surface area contributed by atoms with E-state index in [0.717, 1.165) is 5.56 Å². The van der Waals surface area contributed by atoms with E-state index < -0.39 is 0 Å². The number of rotatable bonds is 6. The van der Waals surface area contributed by atoms with Crippen LogP contribution in [0, 0.1) is 0 Å². The van der Waals surface area contributed by atoms with E-state index in [0.29, 0.717) is 16.4 Å². The van der Waals surface area contributed by atoms with Crippen LogP contribution in [0.15, 0.2) is 54.9 Å². The first-order chi connectivity index (χ1) is 11.4. The fourth-order valence-electron chi connectivity index (χ4n) is 1.38. The topological polar surface area (TPSA) is 61.4 Å². The monoisotopic (exact) mass is 352 g/mol. The van der Waals surface area contributed by atoms with E-state index in [1.165, 1.54) is 0 Å². The van der Waals surface area contributed by atoms with Gasteiger partial charge in [0.25, 0.3) is 5.91 Å². The molecule has 0 heterocycles. The first kappa shape index (κ1) is 24.2. The Balaban J connectivity index is 0. The molecular formula is C19H29ClN2O2. The summed E-state index contributed by atoms with van der Waals surface area (Å²) in [4.78, 5) is 11.9. The number of benzene rings is 1. The van der Waals surface area contributed by atoms with E-state index in [4.69, 9.17) is 16.7 Å². The molecule has 0 saturated heterocycles. The SMILES string of the molecule is C=C(C)N/C(=C\c1ccc(Cl)cc1)C(=O)NCCO.C=CC.CC. The number of hydrogen-bond donors (Lipinski definition) is 3. The summed E-state index contributed by atoms with van der Waals surface area (Å²) in [5, 5.41) is 14.8. The quantitative estimate of drug-likeness (QED) is 0.533. The molecule has 1 aromatic rings. The van der Waals surface area contributed by atoms with Gasteiger partial charge >= 0.3 is 0 Å². The molecule has 134 valence electrons. The lowest BCUT2D eigenvalue weighted by Gasteiger charge is -2.11. The first-order valence-electron chi connectivity index (χ1n) is 7.80. The predicted molar refractivity (Wildman–Crippen MR) is 105 cm³/mol. The van der Waals surface area contributed by atoms with Gasteiger partial charge < -0.3 is 15.7 Å². The zero-order valence-corrected chi connectivity index (χ0v) is 15.8. The van der Waals surface area contributed by atoms with Crippen molar-refractivity contribution in [3.8, 4) is 0 Å². The number of aliphatic hydroxyl groups excluding tert-OH is 1. The highest BCUT2D eigenvalue weighted by molar-refractivity contribution is 6.30. The standard InChI is InChI=1S/C14H17ClN2O2.C3H6.C2H6/c1-10(2)17-13(14(19)16-7-8-18)9-11-3-5-12(15)6-4-11;1-3-2;1-2/h3-6,9,17-18H,1,7-8H2,2H3,(H,16,19);3H,1H2,2H3;1-2H3/b13-9-;;. The van der Waals surface area contributed by atoms with Crippen LogP contribution in [0.25, 0.3) is 6.08 Å². The summed E-state index contributed by atoms with van der Waals surface area (Å²) < 4.78 is 0. The fourth-order valence-corrected chi connectivity index (χ4v) is 1.50. The van der Waals surface area contributed by atoms with Crippen molar-refractivity contribution in [3.63, 3.8) is 0 Å². The molecule has 0 aliphatic carbocycles. The molecule has 1 amide bonds. The first-order valence-corrected chi connectivity index (χ1v) is 8.18. The Morgan fingerprint density at radius 2 is 1.79 bits per heavy atom. The van der Waals surface area contributed by atoms with Gasteiger partial charge in [0.2, 0.25) is 0 Å². The van der Waals surface area contributed by atoms with E-state index >= 15 is 0 Å². The molecule has 24 heavy (non-hydrogen) atoms. The zero-order chi connectivity index (χ0) is 19.0. The highest BCUT2D eigenvalue weighted by Gasteiger charge is 2.08. The van der Waals surface area contributed by atoms with Crippen LogP contribution < -0.4 is 10.6 Å². The van der Waals surface area contributed by atoms with Gasteiger partial charge in [0.1, 0.15) is 5.70 Å². The van der Waals surface area contributed by atoms with Crippen molar-refractivity contribution in [1.82, 2.24) is 10.6 Å². The maximum absolute atomic E-state index is 11.9. The Bertz CT molecular complexity index is 523. The van der Waals surface area contributed by atoms with Gasteiger partial charge in [-0.05, 0) is 37.6 Å². The summed E-state index contributed by atoms with van der Waals surface area (Å²) in [6.07, 6.45) is 3.44. The molecule has 0 radical (unpaired) electrons. The molecule has 1 rings (SSSR count). The van der Waals surface area contributed by atoms with Gasteiger partial charge in [-0.25, -0.2) is 0 Å². The third kappa shape index (κ3) is 12.5. The normalized spacial score (nSPS) is 9.50. The Kier molecular flexibility index (Phi) is 16.0. The maximum Gasteiger partial charge on any atom is 0.267 e. The lowest BCUT2D eigenvalue weighted by Crippen LogP contribution is -2.32. The molecule has 5 heteroatoms. The number of carbonyl (C=O) groups excluding carboxylic acids is 1. The highest BCUT2D eigenvalue weighted by Crippen LogP contribution is 2.12. The summed E-state index contributed by atoms with van der Waals surface area (Å²) in [7, 11) is 0. The second-order valence-corrected chi connectivity index (χ2v) is 4.84. The molecule has 0 aromatic heterocycles. The van der Waals surface area contributed by atoms with Crippen molar-refractivity contribution in [2.45, 2.75) is 27.7 Å². The van der Waals surface area contributed by atoms with Gasteiger partial charge in [-0.3, -0.25) is 4.79 Å². The summed E-state index contributed by atoms with van der Waals surface area (Å²) >= 11 is 5.81. The van der Waals surface area contributed by atoms with E-state index in [9.17, 15) is 4.79 Å². The second-order valence-electron chi connectivity index (χ2n) is 4.40. The molecule has 0 atom stereocenters. The summed E-state index contributed by atoms with van der Waals surface area (Å²) in [5.74, 6) is -0.299. The van der Waals surface area contributed by atoms with Crippen LogP contribution in [-0.2, 0) is 4.79 Å². The van der Waals surface area contributed by atoms with Gasteiger partial charge in [-0.15, -0.1) is 6.58 Å². The number of allylic oxidation sites excluding steroid dienone is 2. The van der Waals surface area contributed by atoms with Crippen molar-refractivity contribution in [2.24, 2.45) is 0 Å². The molecule has 0 aliphatic rings. The lowest BCUT2D eigenvalue weighted by molar-refractivity contribution is -0.117. The minimum Gasteiger partial charge on any atom is -0.395 e. The number of amides is 1. The van der Waals surface area contributed by atoms with Crippen molar-refractivity contribution in [1.29, 1.82) is 0 Å². The van der Waals surface area contributed by atoms with Gasteiger partial charge in [-0.1, -0.05) is 50.2 Å². The number of halogens is 1. The molecular weight excluding hydrogens is 324 g/mol. The molecule has 0 aliphatic heterocycles. The van der Waals surface area contributed by atoms with Gasteiger partial charge in [0.15, 0.2) is 0 Å². The van der Waals surface area contributed by atoms with Gasteiger partial charge in [0.05, 0.1) is 6.61 Å².